The predicted octanol–water partition coefficient (Wildman–Crippen LogP) is 3.81. The molecule has 0 saturated carbocycles. The molecule has 1 aromatic carbocycles. The van der Waals surface area contributed by atoms with E-state index in [0.717, 1.165) is 11.0 Å². The number of benzene rings is 1. The van der Waals surface area contributed by atoms with Gasteiger partial charge in [-0.1, -0.05) is 26.0 Å². The van der Waals surface area contributed by atoms with Gasteiger partial charge in [0.2, 0.25) is 5.95 Å². The molecule has 0 radical (unpaired) electrons. The first-order chi connectivity index (χ1) is 9.94. The van der Waals surface area contributed by atoms with Crippen LogP contribution in [0.25, 0.3) is 11.0 Å². The average molecular weight is 284 g/mol. The number of nitrogens with zero attached hydrogens (tertiary/aromatic N) is 3. The van der Waals surface area contributed by atoms with Crippen LogP contribution in [0.1, 0.15) is 26.7 Å². The predicted molar refractivity (Wildman–Crippen MR) is 78.3 cm³/mol. The summed E-state index contributed by atoms with van der Waals surface area (Å²) in [4.78, 5) is 19.2. The Hall–Kier alpha value is -2.50. The number of nitrogens with one attached hydrogen (secondary N) is 1. The Kier molecular flexibility index (Phi) is 3.08. The van der Waals surface area contributed by atoms with Crippen molar-refractivity contribution in [1.82, 2.24) is 9.97 Å². The molecule has 2 aromatic rings. The quantitative estimate of drug-likeness (QED) is 0.821. The van der Waals surface area contributed by atoms with Crippen molar-refractivity contribution in [2.75, 3.05) is 0 Å². The van der Waals surface area contributed by atoms with Crippen LogP contribution in [-0.2, 0) is 4.79 Å². The first-order valence-electron chi connectivity index (χ1n) is 6.76. The van der Waals surface area contributed by atoms with Gasteiger partial charge in [-0.25, -0.2) is 4.98 Å². The summed E-state index contributed by atoms with van der Waals surface area (Å²) in [7, 11) is 0. The zero-order valence-corrected chi connectivity index (χ0v) is 11.9. The molecule has 0 saturated heterocycles. The monoisotopic (exact) mass is 284 g/mol. The van der Waals surface area contributed by atoms with Crippen LogP contribution in [0.4, 0.5) is 5.95 Å². The third-order valence-corrected chi connectivity index (χ3v) is 3.44. The van der Waals surface area contributed by atoms with Gasteiger partial charge in [0.25, 0.3) is 0 Å². The number of Topliss-reactive ketones (excluding diaryl/α,β-unsaturated/α-hetero) is 1. The second kappa shape index (κ2) is 4.80. The molecule has 1 aliphatic carbocycles. The van der Waals surface area contributed by atoms with Crippen LogP contribution in [-0.4, -0.2) is 20.9 Å². The molecule has 108 valence electrons. The van der Waals surface area contributed by atoms with E-state index in [1.165, 1.54) is 0 Å². The van der Waals surface area contributed by atoms with Crippen molar-refractivity contribution in [3.05, 3.63) is 35.7 Å². The third-order valence-electron chi connectivity index (χ3n) is 3.44. The molecule has 0 amide bonds. The van der Waals surface area contributed by atoms with Crippen molar-refractivity contribution in [2.24, 2.45) is 15.6 Å². The maximum atomic E-state index is 12.0. The number of para-hydroxylation sites is 2. The summed E-state index contributed by atoms with van der Waals surface area (Å²) in [6, 6.07) is 7.51. The topological polar surface area (TPSA) is 90.7 Å². The Morgan fingerprint density at radius 2 is 2.00 bits per heavy atom. The molecule has 2 N–H and O–H groups in total. The molecule has 0 atom stereocenters. The van der Waals surface area contributed by atoms with Gasteiger partial charge in [0.15, 0.2) is 11.5 Å². The van der Waals surface area contributed by atoms with Gasteiger partial charge < -0.3 is 10.1 Å². The Morgan fingerprint density at radius 3 is 2.71 bits per heavy atom. The van der Waals surface area contributed by atoms with Crippen LogP contribution in [0, 0.1) is 5.41 Å². The van der Waals surface area contributed by atoms with Gasteiger partial charge in [0.05, 0.1) is 11.0 Å². The minimum atomic E-state index is -0.237. The normalized spacial score (nSPS) is 18.9. The summed E-state index contributed by atoms with van der Waals surface area (Å²) in [6.07, 6.45) is 0.777. The lowest BCUT2D eigenvalue weighted by Crippen LogP contribution is -2.25. The number of hydrogen-bond donors (Lipinski definition) is 2. The SMILES string of the molecule is CC1(C)CC(=O)C(N=Nc2nc3ccccc3[nH]2)=C(O)C1. The van der Waals surface area contributed by atoms with Gasteiger partial charge in [-0.15, -0.1) is 10.2 Å². The van der Waals surface area contributed by atoms with Crippen molar-refractivity contribution in [3.8, 4) is 0 Å². The van der Waals surface area contributed by atoms with Gasteiger partial charge in [-0.2, -0.15) is 0 Å². The number of hydrogen-bond acceptors (Lipinski definition) is 5. The number of carbonyl (C=O) groups excluding carboxylic acids is 1. The van der Waals surface area contributed by atoms with Crippen LogP contribution >= 0.6 is 0 Å². The molecular formula is C15H16N4O2. The summed E-state index contributed by atoms with van der Waals surface area (Å²) in [5.41, 5.74) is 1.43. The molecule has 6 nitrogen and oxygen atoms in total. The molecule has 3 rings (SSSR count). The van der Waals surface area contributed by atoms with Crippen molar-refractivity contribution in [3.63, 3.8) is 0 Å². The van der Waals surface area contributed by atoms with Gasteiger partial charge in [-0.3, -0.25) is 4.79 Å². The highest BCUT2D eigenvalue weighted by Gasteiger charge is 2.33. The molecule has 6 heteroatoms. The summed E-state index contributed by atoms with van der Waals surface area (Å²) in [5, 5.41) is 17.8. The lowest BCUT2D eigenvalue weighted by atomic mass is 9.78. The maximum Gasteiger partial charge on any atom is 0.247 e. The van der Waals surface area contributed by atoms with Crippen molar-refractivity contribution in [2.45, 2.75) is 26.7 Å². The van der Waals surface area contributed by atoms with Gasteiger partial charge >= 0.3 is 0 Å². The zero-order valence-electron chi connectivity index (χ0n) is 11.9. The number of aliphatic hydroxyl groups excluding tert-OH is 1. The Balaban J connectivity index is 1.90. The fourth-order valence-corrected chi connectivity index (χ4v) is 2.48. The number of ketones is 1. The van der Waals surface area contributed by atoms with E-state index in [1.807, 2.05) is 38.1 Å². The molecule has 1 aromatic heterocycles. The molecular weight excluding hydrogens is 268 g/mol. The lowest BCUT2D eigenvalue weighted by Gasteiger charge is -2.27. The van der Waals surface area contributed by atoms with E-state index in [2.05, 4.69) is 20.2 Å². The van der Waals surface area contributed by atoms with Crippen LogP contribution in [0.2, 0.25) is 0 Å². The number of aromatic amines is 1. The maximum absolute atomic E-state index is 12.0. The minimum Gasteiger partial charge on any atom is -0.510 e. The van der Waals surface area contributed by atoms with E-state index in [1.54, 1.807) is 0 Å². The Labute approximate surface area is 121 Å². The number of allylic oxidation sites excluding steroid dienone is 2. The minimum absolute atomic E-state index is 0.00360. The first kappa shape index (κ1) is 13.5. The fourth-order valence-electron chi connectivity index (χ4n) is 2.48. The molecule has 0 spiro atoms. The molecule has 21 heavy (non-hydrogen) atoms. The van der Waals surface area contributed by atoms with E-state index in [9.17, 15) is 9.90 Å². The van der Waals surface area contributed by atoms with Gasteiger partial charge in [0, 0.05) is 12.8 Å². The molecule has 0 aliphatic heterocycles. The summed E-state index contributed by atoms with van der Waals surface area (Å²) >= 11 is 0. The van der Waals surface area contributed by atoms with Crippen molar-refractivity contribution < 1.29 is 9.90 Å². The lowest BCUT2D eigenvalue weighted by molar-refractivity contribution is -0.118. The highest BCUT2D eigenvalue weighted by atomic mass is 16.3. The van der Waals surface area contributed by atoms with Gasteiger partial charge in [0.1, 0.15) is 5.76 Å². The Bertz CT molecular complexity index is 738. The van der Waals surface area contributed by atoms with Crippen LogP contribution in [0.3, 0.4) is 0 Å². The van der Waals surface area contributed by atoms with Gasteiger partial charge in [-0.05, 0) is 17.5 Å². The zero-order chi connectivity index (χ0) is 15.0. The number of aliphatic hydroxyl groups is 1. The summed E-state index contributed by atoms with van der Waals surface area (Å²) < 4.78 is 0. The van der Waals surface area contributed by atoms with E-state index >= 15 is 0 Å². The number of azo groups is 1. The fraction of sp³-hybridized carbons (Fsp3) is 0.333. The molecule has 0 bridgehead atoms. The standard InChI is InChI=1S/C15H16N4O2/c1-15(2)7-11(20)13(12(21)8-15)18-19-14-16-9-5-3-4-6-10(9)17-14/h3-6,20H,7-8H2,1-2H3,(H,16,17). The number of fused-ring (bicyclic) bond motifs is 1. The van der Waals surface area contributed by atoms with Crippen molar-refractivity contribution in [1.29, 1.82) is 0 Å². The number of H-pyrrole nitrogens is 1. The van der Waals surface area contributed by atoms with Crippen LogP contribution in [0.5, 0.6) is 0 Å². The third kappa shape index (κ3) is 2.69. The largest absolute Gasteiger partial charge is 0.510 e. The van der Waals surface area contributed by atoms with E-state index in [0.29, 0.717) is 18.8 Å². The van der Waals surface area contributed by atoms with Crippen molar-refractivity contribution >= 4 is 22.8 Å². The Morgan fingerprint density at radius 1 is 1.24 bits per heavy atom. The van der Waals surface area contributed by atoms with E-state index in [-0.39, 0.29) is 22.7 Å². The number of imidazole rings is 1. The van der Waals surface area contributed by atoms with Crippen LogP contribution < -0.4 is 0 Å². The number of carbonyl (C=O) groups is 1. The molecule has 1 aliphatic rings. The van der Waals surface area contributed by atoms with E-state index in [4.69, 9.17) is 0 Å². The highest BCUT2D eigenvalue weighted by molar-refractivity contribution is 5.96. The average Bonchev–Trinajstić information content (AvgIpc) is 2.78. The number of aromatic nitrogens is 2. The van der Waals surface area contributed by atoms with E-state index < -0.39 is 0 Å². The molecule has 0 fully saturated rings. The summed E-state index contributed by atoms with van der Waals surface area (Å²) in [5.74, 6) is 0.119. The summed E-state index contributed by atoms with van der Waals surface area (Å²) in [6.45, 7) is 3.88. The van der Waals surface area contributed by atoms with Crippen LogP contribution in [0.15, 0.2) is 46.0 Å². The highest BCUT2D eigenvalue weighted by Crippen LogP contribution is 2.36. The second-order valence-corrected chi connectivity index (χ2v) is 6.01. The second-order valence-electron chi connectivity index (χ2n) is 6.01. The molecule has 0 unspecified atom stereocenters. The number of rotatable bonds is 2. The molecule has 1 heterocycles. The first-order valence-corrected chi connectivity index (χ1v) is 6.76. The smallest absolute Gasteiger partial charge is 0.247 e.